The summed E-state index contributed by atoms with van der Waals surface area (Å²) in [6, 6.07) is 0. The number of aliphatic hydroxyl groups is 1. The number of anilines is 1. The molecular weight excluding hydrogens is 340 g/mol. The van der Waals surface area contributed by atoms with Crippen LogP contribution in [0.1, 0.15) is 69.3 Å². The Kier molecular flexibility index (Phi) is 4.83. The highest BCUT2D eigenvalue weighted by atomic mass is 32.1. The van der Waals surface area contributed by atoms with Crippen molar-refractivity contribution in [1.82, 2.24) is 0 Å². The summed E-state index contributed by atoms with van der Waals surface area (Å²) in [5.74, 6) is -1.14. The zero-order valence-corrected chi connectivity index (χ0v) is 16.8. The maximum absolute atomic E-state index is 12.4. The highest BCUT2D eigenvalue weighted by molar-refractivity contribution is 7.17. The van der Waals surface area contributed by atoms with E-state index in [1.807, 2.05) is 27.7 Å². The van der Waals surface area contributed by atoms with Crippen molar-refractivity contribution in [3.63, 3.8) is 0 Å². The number of fused-ring (bicyclic) bond motifs is 1. The fraction of sp³-hybridized carbons (Fsp3) is 0.667. The van der Waals surface area contributed by atoms with Gasteiger partial charge in [-0.15, -0.1) is 11.3 Å². The van der Waals surface area contributed by atoms with Gasteiger partial charge in [0.25, 0.3) is 11.8 Å². The zero-order chi connectivity index (χ0) is 19.4. The van der Waals surface area contributed by atoms with Crippen molar-refractivity contribution in [2.75, 3.05) is 5.32 Å². The fourth-order valence-corrected chi connectivity index (χ4v) is 4.51. The van der Waals surface area contributed by atoms with E-state index in [4.69, 9.17) is 10.5 Å². The molecule has 25 heavy (non-hydrogen) atoms. The minimum Gasteiger partial charge on any atom is -0.383 e. The topological polar surface area (TPSA) is 102 Å². The van der Waals surface area contributed by atoms with E-state index in [2.05, 4.69) is 5.32 Å². The van der Waals surface area contributed by atoms with Gasteiger partial charge in [0.1, 0.15) is 11.1 Å². The Bertz CT molecular complexity index is 713. The maximum Gasteiger partial charge on any atom is 0.254 e. The lowest BCUT2D eigenvalue weighted by molar-refractivity contribution is -0.135. The van der Waals surface area contributed by atoms with Crippen molar-refractivity contribution < 1.29 is 19.4 Å². The summed E-state index contributed by atoms with van der Waals surface area (Å²) in [5, 5.41) is 13.3. The predicted octanol–water partition coefficient (Wildman–Crippen LogP) is 2.78. The normalized spacial score (nSPS) is 19.8. The Morgan fingerprint density at radius 1 is 1.28 bits per heavy atom. The van der Waals surface area contributed by atoms with Crippen molar-refractivity contribution in [1.29, 1.82) is 0 Å². The van der Waals surface area contributed by atoms with E-state index in [1.54, 1.807) is 20.8 Å². The SMILES string of the molecule is CC1(C)Cc2c(sc(NC(=O)[C@H](O)C(C)(C)C)c2C(N)=O)C(C)(C)O1. The van der Waals surface area contributed by atoms with Gasteiger partial charge in [-0.1, -0.05) is 20.8 Å². The Balaban J connectivity index is 2.50. The second kappa shape index (κ2) is 6.07. The number of carbonyl (C=O) groups is 2. The number of nitrogens with one attached hydrogen (secondary N) is 1. The average molecular weight is 368 g/mol. The quantitative estimate of drug-likeness (QED) is 0.763. The van der Waals surface area contributed by atoms with E-state index in [-0.39, 0.29) is 0 Å². The minimum atomic E-state index is -1.20. The highest BCUT2D eigenvalue weighted by Crippen LogP contribution is 2.48. The molecule has 1 aliphatic rings. The molecular formula is C18H28N2O4S. The molecule has 4 N–H and O–H groups in total. The first-order valence-electron chi connectivity index (χ1n) is 8.31. The number of amides is 2. The molecule has 2 rings (SSSR count). The van der Waals surface area contributed by atoms with Crippen LogP contribution in [-0.2, 0) is 21.6 Å². The second-order valence-corrected chi connectivity index (χ2v) is 9.81. The van der Waals surface area contributed by atoms with Crippen LogP contribution in [0.3, 0.4) is 0 Å². The lowest BCUT2D eigenvalue weighted by Crippen LogP contribution is -2.42. The first-order valence-corrected chi connectivity index (χ1v) is 9.12. The largest absolute Gasteiger partial charge is 0.383 e. The average Bonchev–Trinajstić information content (AvgIpc) is 2.73. The van der Waals surface area contributed by atoms with Crippen molar-refractivity contribution in [2.45, 2.75) is 72.2 Å². The van der Waals surface area contributed by atoms with Crippen molar-refractivity contribution in [3.05, 3.63) is 16.0 Å². The van der Waals surface area contributed by atoms with Gasteiger partial charge in [0, 0.05) is 11.3 Å². The van der Waals surface area contributed by atoms with Gasteiger partial charge in [0.15, 0.2) is 0 Å². The zero-order valence-electron chi connectivity index (χ0n) is 15.9. The monoisotopic (exact) mass is 368 g/mol. The van der Waals surface area contributed by atoms with Gasteiger partial charge >= 0.3 is 0 Å². The highest BCUT2D eigenvalue weighted by Gasteiger charge is 2.43. The van der Waals surface area contributed by atoms with Gasteiger partial charge in [0.2, 0.25) is 0 Å². The standard InChI is InChI=1S/C18H28N2O4S/c1-16(2,3)11(21)14(23)20-15-10(13(19)22)9-8-17(4,5)24-18(6,7)12(9)25-15/h11,21H,8H2,1-7H3,(H2,19,22)(H,20,23)/t11-/m0/s1. The molecule has 0 bridgehead atoms. The first kappa shape index (κ1) is 19.9. The number of nitrogens with two attached hydrogens (primary N) is 1. The predicted molar refractivity (Wildman–Crippen MR) is 98.8 cm³/mol. The van der Waals surface area contributed by atoms with E-state index in [1.165, 1.54) is 11.3 Å². The van der Waals surface area contributed by atoms with E-state index in [0.717, 1.165) is 10.4 Å². The van der Waals surface area contributed by atoms with E-state index >= 15 is 0 Å². The summed E-state index contributed by atoms with van der Waals surface area (Å²) in [6.45, 7) is 13.1. The van der Waals surface area contributed by atoms with Crippen molar-refractivity contribution >= 4 is 28.2 Å². The van der Waals surface area contributed by atoms with Crippen molar-refractivity contribution in [2.24, 2.45) is 11.1 Å². The summed E-state index contributed by atoms with van der Waals surface area (Å²) >= 11 is 1.29. The lowest BCUT2D eigenvalue weighted by atomic mass is 9.86. The summed E-state index contributed by atoms with van der Waals surface area (Å²) in [5.41, 5.74) is 5.09. The molecule has 0 fully saturated rings. The maximum atomic E-state index is 12.4. The third-order valence-corrected chi connectivity index (χ3v) is 5.69. The second-order valence-electron chi connectivity index (χ2n) is 8.78. The molecule has 140 valence electrons. The molecule has 1 aromatic rings. The van der Waals surface area contributed by atoms with Crippen LogP contribution in [-0.4, -0.2) is 28.6 Å². The molecule has 1 atom stereocenters. The summed E-state index contributed by atoms with van der Waals surface area (Å²) in [6.07, 6.45) is -0.675. The number of hydrogen-bond acceptors (Lipinski definition) is 5. The van der Waals surface area contributed by atoms with E-state index < -0.39 is 34.5 Å². The molecule has 0 unspecified atom stereocenters. The van der Waals surface area contributed by atoms with E-state index in [9.17, 15) is 14.7 Å². The van der Waals surface area contributed by atoms with Gasteiger partial charge in [-0.2, -0.15) is 0 Å². The molecule has 0 saturated carbocycles. The molecule has 2 heterocycles. The number of aliphatic hydroxyl groups excluding tert-OH is 1. The number of primary amides is 1. The van der Waals surface area contributed by atoms with Gasteiger partial charge in [0.05, 0.1) is 16.8 Å². The molecule has 0 aliphatic carbocycles. The number of thiophene rings is 1. The van der Waals surface area contributed by atoms with Crippen LogP contribution in [0.5, 0.6) is 0 Å². The molecule has 1 aromatic heterocycles. The van der Waals surface area contributed by atoms with Crippen LogP contribution < -0.4 is 11.1 Å². The number of hydrogen-bond donors (Lipinski definition) is 3. The summed E-state index contributed by atoms with van der Waals surface area (Å²) in [7, 11) is 0. The number of ether oxygens (including phenoxy) is 1. The number of rotatable bonds is 3. The molecule has 6 nitrogen and oxygen atoms in total. The molecule has 0 radical (unpaired) electrons. The van der Waals surface area contributed by atoms with Gasteiger partial charge in [-0.05, 0) is 38.7 Å². The third kappa shape index (κ3) is 3.88. The van der Waals surface area contributed by atoms with Crippen molar-refractivity contribution in [3.8, 4) is 0 Å². The molecule has 0 aromatic carbocycles. The van der Waals surface area contributed by atoms with Gasteiger partial charge in [-0.3, -0.25) is 9.59 Å². The molecule has 1 aliphatic heterocycles. The van der Waals surface area contributed by atoms with Crippen LogP contribution in [0.25, 0.3) is 0 Å². The van der Waals surface area contributed by atoms with E-state index in [0.29, 0.717) is 17.0 Å². The third-order valence-electron chi connectivity index (χ3n) is 4.24. The molecule has 0 saturated heterocycles. The Labute approximate surface area is 152 Å². The first-order chi connectivity index (χ1) is 11.2. The van der Waals surface area contributed by atoms with Crippen LogP contribution >= 0.6 is 11.3 Å². The lowest BCUT2D eigenvalue weighted by Gasteiger charge is -2.41. The number of carbonyl (C=O) groups excluding carboxylic acids is 2. The molecule has 2 amide bonds. The van der Waals surface area contributed by atoms with Crippen LogP contribution in [0, 0.1) is 5.41 Å². The molecule has 7 heteroatoms. The molecule has 0 spiro atoms. The fourth-order valence-electron chi connectivity index (χ4n) is 3.24. The Morgan fingerprint density at radius 3 is 2.32 bits per heavy atom. The summed E-state index contributed by atoms with van der Waals surface area (Å²) in [4.78, 5) is 25.4. The van der Waals surface area contributed by atoms with Crippen LogP contribution in [0.4, 0.5) is 5.00 Å². The van der Waals surface area contributed by atoms with Gasteiger partial charge in [-0.25, -0.2) is 0 Å². The Morgan fingerprint density at radius 2 is 1.84 bits per heavy atom. The Hall–Kier alpha value is -1.44. The van der Waals surface area contributed by atoms with Crippen LogP contribution in [0.15, 0.2) is 0 Å². The summed E-state index contributed by atoms with van der Waals surface area (Å²) < 4.78 is 6.14. The van der Waals surface area contributed by atoms with Gasteiger partial charge < -0.3 is 20.9 Å². The van der Waals surface area contributed by atoms with Crippen LogP contribution in [0.2, 0.25) is 0 Å². The smallest absolute Gasteiger partial charge is 0.254 e. The minimum absolute atomic E-state index is 0.318.